The number of likely N-dealkylation sites (tertiary alicyclic amines) is 1. The van der Waals surface area contributed by atoms with Crippen LogP contribution >= 0.6 is 0 Å². The van der Waals surface area contributed by atoms with Crippen molar-refractivity contribution in [2.75, 3.05) is 19.6 Å². The van der Waals surface area contributed by atoms with Crippen LogP contribution in [0.3, 0.4) is 0 Å². The first-order chi connectivity index (χ1) is 15.2. The molecule has 0 radical (unpaired) electrons. The molecular weight excluding hydrogens is 390 g/mol. The lowest BCUT2D eigenvalue weighted by molar-refractivity contribution is 0.0921. The summed E-state index contributed by atoms with van der Waals surface area (Å²) in [5, 5.41) is 5.21. The number of hydrogen-bond donors (Lipinski definition) is 2. The molecule has 0 aromatic carbocycles. The van der Waals surface area contributed by atoms with Gasteiger partial charge in [0.2, 0.25) is 0 Å². The maximum Gasteiger partial charge on any atom is 0.287 e. The number of fused-ring (bicyclic) bond motifs is 2. The van der Waals surface area contributed by atoms with Crippen LogP contribution in [0.2, 0.25) is 0 Å². The van der Waals surface area contributed by atoms with Crippen LogP contribution in [0.15, 0.2) is 53.5 Å². The first kappa shape index (κ1) is 18.6. The van der Waals surface area contributed by atoms with Gasteiger partial charge in [-0.15, -0.1) is 0 Å². The molecule has 4 aromatic rings. The van der Waals surface area contributed by atoms with Crippen LogP contribution in [0.1, 0.15) is 35.4 Å². The summed E-state index contributed by atoms with van der Waals surface area (Å²) in [6.45, 7) is 3.90. The van der Waals surface area contributed by atoms with Crippen molar-refractivity contribution in [1.29, 1.82) is 0 Å². The second-order valence-electron chi connectivity index (χ2n) is 8.98. The van der Waals surface area contributed by atoms with Gasteiger partial charge < -0.3 is 14.7 Å². The number of amides is 1. The first-order valence-electron chi connectivity index (χ1n) is 11.0. The van der Waals surface area contributed by atoms with Gasteiger partial charge in [-0.3, -0.25) is 14.7 Å². The highest BCUT2D eigenvalue weighted by Gasteiger charge is 2.54. The number of pyridine rings is 2. The molecule has 1 aliphatic carbocycles. The summed E-state index contributed by atoms with van der Waals surface area (Å²) in [6.07, 6.45) is 10.8. The van der Waals surface area contributed by atoms with Gasteiger partial charge >= 0.3 is 0 Å². The number of hydrogen-bond acceptors (Lipinski definition) is 5. The second kappa shape index (κ2) is 7.20. The van der Waals surface area contributed by atoms with Crippen LogP contribution in [-0.4, -0.2) is 45.4 Å². The maximum atomic E-state index is 12.5. The van der Waals surface area contributed by atoms with E-state index in [1.165, 1.54) is 30.2 Å². The molecule has 2 N–H and O–H groups in total. The van der Waals surface area contributed by atoms with Crippen LogP contribution in [0.5, 0.6) is 0 Å². The number of piperidine rings is 1. The molecule has 6 rings (SSSR count). The zero-order valence-electron chi connectivity index (χ0n) is 17.3. The van der Waals surface area contributed by atoms with Crippen molar-refractivity contribution < 1.29 is 9.21 Å². The van der Waals surface area contributed by atoms with Crippen LogP contribution in [0, 0.1) is 11.3 Å². The maximum absolute atomic E-state index is 12.5. The van der Waals surface area contributed by atoms with E-state index in [9.17, 15) is 4.79 Å². The number of aromatic nitrogens is 3. The average Bonchev–Trinajstić information content (AvgIpc) is 3.14. The van der Waals surface area contributed by atoms with Gasteiger partial charge in [-0.05, 0) is 73.5 Å². The van der Waals surface area contributed by atoms with E-state index in [2.05, 4.69) is 37.3 Å². The highest BCUT2D eigenvalue weighted by molar-refractivity contribution is 5.95. The fourth-order valence-electron chi connectivity index (χ4n) is 5.19. The largest absolute Gasteiger partial charge is 0.449 e. The van der Waals surface area contributed by atoms with E-state index in [0.29, 0.717) is 22.7 Å². The number of nitrogens with one attached hydrogen (secondary N) is 2. The predicted molar refractivity (Wildman–Crippen MR) is 117 cm³/mol. The van der Waals surface area contributed by atoms with E-state index in [1.54, 1.807) is 18.5 Å². The molecule has 5 heterocycles. The Balaban J connectivity index is 1.02. The summed E-state index contributed by atoms with van der Waals surface area (Å²) >= 11 is 0. The van der Waals surface area contributed by atoms with E-state index >= 15 is 0 Å². The summed E-state index contributed by atoms with van der Waals surface area (Å²) in [5.74, 6) is 0.798. The zero-order valence-corrected chi connectivity index (χ0v) is 17.3. The van der Waals surface area contributed by atoms with Crippen LogP contribution in [0.25, 0.3) is 22.0 Å². The monoisotopic (exact) mass is 415 g/mol. The zero-order chi connectivity index (χ0) is 20.8. The molecule has 31 heavy (non-hydrogen) atoms. The van der Waals surface area contributed by atoms with Gasteiger partial charge in [0.1, 0.15) is 5.65 Å². The van der Waals surface area contributed by atoms with Crippen molar-refractivity contribution in [3.63, 3.8) is 0 Å². The molecule has 1 saturated heterocycles. The summed E-state index contributed by atoms with van der Waals surface area (Å²) in [5.41, 5.74) is 3.35. The van der Waals surface area contributed by atoms with Gasteiger partial charge in [0.25, 0.3) is 5.91 Å². The van der Waals surface area contributed by atoms with Crippen molar-refractivity contribution in [2.24, 2.45) is 11.3 Å². The Kier molecular flexibility index (Phi) is 4.31. The summed E-state index contributed by atoms with van der Waals surface area (Å²) < 4.78 is 5.63. The number of rotatable bonds is 5. The Morgan fingerprint density at radius 3 is 3.03 bits per heavy atom. The Morgan fingerprint density at radius 1 is 1.26 bits per heavy atom. The van der Waals surface area contributed by atoms with Crippen molar-refractivity contribution in [1.82, 2.24) is 25.2 Å². The van der Waals surface area contributed by atoms with Crippen LogP contribution in [0.4, 0.5) is 0 Å². The normalized spacial score (nSPS) is 20.5. The molecule has 1 atom stereocenters. The van der Waals surface area contributed by atoms with Crippen molar-refractivity contribution >= 4 is 27.9 Å². The Bertz CT molecular complexity index is 1220. The van der Waals surface area contributed by atoms with Gasteiger partial charge in [0, 0.05) is 42.5 Å². The third kappa shape index (κ3) is 3.39. The van der Waals surface area contributed by atoms with Gasteiger partial charge in [-0.2, -0.15) is 0 Å². The molecule has 1 amide bonds. The number of H-pyrrole nitrogens is 1. The van der Waals surface area contributed by atoms with Crippen molar-refractivity contribution in [2.45, 2.75) is 25.8 Å². The number of aromatic amines is 1. The van der Waals surface area contributed by atoms with Crippen LogP contribution < -0.4 is 5.32 Å². The van der Waals surface area contributed by atoms with Gasteiger partial charge in [0.15, 0.2) is 11.3 Å². The minimum absolute atomic E-state index is 0.135. The predicted octanol–water partition coefficient (Wildman–Crippen LogP) is 3.74. The molecule has 7 nitrogen and oxygen atoms in total. The van der Waals surface area contributed by atoms with Gasteiger partial charge in [-0.1, -0.05) is 0 Å². The van der Waals surface area contributed by atoms with Crippen molar-refractivity contribution in [3.05, 3.63) is 60.4 Å². The van der Waals surface area contributed by atoms with E-state index in [0.717, 1.165) is 37.2 Å². The lowest BCUT2D eigenvalue weighted by Crippen LogP contribution is -2.36. The summed E-state index contributed by atoms with van der Waals surface area (Å²) in [6, 6.07) is 7.88. The molecule has 2 aliphatic rings. The molecule has 1 unspecified atom stereocenters. The van der Waals surface area contributed by atoms with E-state index < -0.39 is 0 Å². The summed E-state index contributed by atoms with van der Waals surface area (Å²) in [4.78, 5) is 26.7. The lowest BCUT2D eigenvalue weighted by atomic mass is 9.90. The smallest absolute Gasteiger partial charge is 0.287 e. The fraction of sp³-hybridized carbons (Fsp3) is 0.375. The molecule has 0 bridgehead atoms. The van der Waals surface area contributed by atoms with Gasteiger partial charge in [0.05, 0.1) is 6.20 Å². The van der Waals surface area contributed by atoms with Crippen LogP contribution in [-0.2, 0) is 6.54 Å². The minimum Gasteiger partial charge on any atom is -0.449 e. The first-order valence-corrected chi connectivity index (χ1v) is 11.0. The second-order valence-corrected chi connectivity index (χ2v) is 8.98. The third-order valence-electron chi connectivity index (χ3n) is 7.21. The number of nitrogens with zero attached hydrogens (tertiary/aromatic N) is 3. The van der Waals surface area contributed by atoms with E-state index in [4.69, 9.17) is 4.42 Å². The third-order valence-corrected chi connectivity index (χ3v) is 7.21. The number of carbonyl (C=O) groups excluding carboxylic acids is 1. The average molecular weight is 415 g/mol. The molecule has 1 saturated carbocycles. The van der Waals surface area contributed by atoms with Gasteiger partial charge in [-0.25, -0.2) is 4.98 Å². The molecule has 4 aromatic heterocycles. The SMILES string of the molecule is O=C(NCC1CC12CCN(Cc1ccnc3[nH]ccc13)CC2)c1cc2ccncc2o1. The highest BCUT2D eigenvalue weighted by atomic mass is 16.3. The lowest BCUT2D eigenvalue weighted by Gasteiger charge is -2.33. The Labute approximate surface area is 179 Å². The van der Waals surface area contributed by atoms with E-state index in [1.807, 2.05) is 18.5 Å². The molecule has 2 fully saturated rings. The highest BCUT2D eigenvalue weighted by Crippen LogP contribution is 2.59. The number of carbonyl (C=O) groups is 1. The minimum atomic E-state index is -0.135. The summed E-state index contributed by atoms with van der Waals surface area (Å²) in [7, 11) is 0. The molecular formula is C24H25N5O2. The topological polar surface area (TPSA) is 87.0 Å². The van der Waals surface area contributed by atoms with Crippen molar-refractivity contribution in [3.8, 4) is 0 Å². The quantitative estimate of drug-likeness (QED) is 0.519. The number of furan rings is 1. The Hall–Kier alpha value is -3.19. The standard InChI is InChI=1S/C24H25N5O2/c30-23(20-11-16-1-6-25-14-21(16)31-20)28-13-18-12-24(18)4-9-29(10-5-24)15-17-2-7-26-22-19(17)3-8-27-22/h1-3,6-8,11,14,18H,4-5,9-10,12-13,15H2,(H,26,27)(H,28,30). The van der Waals surface area contributed by atoms with E-state index in [-0.39, 0.29) is 5.91 Å². The molecule has 1 aliphatic heterocycles. The Morgan fingerprint density at radius 2 is 2.16 bits per heavy atom. The fourth-order valence-corrected chi connectivity index (χ4v) is 5.19. The molecule has 158 valence electrons. The molecule has 1 spiro atoms. The molecule has 7 heteroatoms.